The zero-order chi connectivity index (χ0) is 8.27. The molecule has 0 fully saturated rings. The van der Waals surface area contributed by atoms with Crippen LogP contribution in [0.15, 0.2) is 24.3 Å². The van der Waals surface area contributed by atoms with Gasteiger partial charge in [-0.05, 0) is 11.6 Å². The minimum atomic E-state index is -2.44. The van der Waals surface area contributed by atoms with E-state index in [2.05, 4.69) is 0 Å². The maximum absolute atomic E-state index is 10.4. The molecular weight excluding hydrogens is 183 g/mol. The van der Waals surface area contributed by atoms with E-state index in [4.69, 9.17) is 16.5 Å². The molecule has 0 aromatic heterocycles. The molecule has 1 atom stereocenters. The first kappa shape index (κ1) is 8.79. The Balaban J connectivity index is 2.86. The summed E-state index contributed by atoms with van der Waals surface area (Å²) in [7, 11) is -2.44. The molecule has 0 spiro atoms. The standard InChI is InChI=1S/C7H8ClO2P/c8-7-4-2-1-3-6(7)5-11(9)10/h1-4,11H,5H2,(H,9,10). The summed E-state index contributed by atoms with van der Waals surface area (Å²) in [6.45, 7) is 0. The van der Waals surface area contributed by atoms with E-state index in [1.165, 1.54) is 0 Å². The maximum Gasteiger partial charge on any atom is 0.193 e. The average Bonchev–Trinajstić information content (AvgIpc) is 1.93. The predicted octanol–water partition coefficient (Wildman–Crippen LogP) is 2.31. The molecule has 0 radical (unpaired) electrons. The first-order valence-corrected chi connectivity index (χ1v) is 5.09. The molecule has 0 saturated carbocycles. The van der Waals surface area contributed by atoms with Gasteiger partial charge in [0.25, 0.3) is 0 Å². The summed E-state index contributed by atoms with van der Waals surface area (Å²) in [6.07, 6.45) is 0.171. The van der Waals surface area contributed by atoms with Crippen LogP contribution in [0.5, 0.6) is 0 Å². The molecule has 0 saturated heterocycles. The largest absolute Gasteiger partial charge is 0.346 e. The highest BCUT2D eigenvalue weighted by Crippen LogP contribution is 2.25. The Morgan fingerprint density at radius 2 is 2.09 bits per heavy atom. The Hall–Kier alpha value is -0.300. The molecule has 0 heterocycles. The average molecular weight is 191 g/mol. The van der Waals surface area contributed by atoms with Crippen molar-refractivity contribution in [1.82, 2.24) is 0 Å². The van der Waals surface area contributed by atoms with Crippen molar-refractivity contribution in [2.24, 2.45) is 0 Å². The summed E-state index contributed by atoms with van der Waals surface area (Å²) in [5, 5.41) is 0.555. The minimum absolute atomic E-state index is 0.171. The third-order valence-electron chi connectivity index (χ3n) is 1.30. The Morgan fingerprint density at radius 1 is 1.45 bits per heavy atom. The van der Waals surface area contributed by atoms with Crippen LogP contribution in [0, 0.1) is 0 Å². The lowest BCUT2D eigenvalue weighted by Crippen LogP contribution is -1.79. The summed E-state index contributed by atoms with van der Waals surface area (Å²) in [5.74, 6) is 0. The monoisotopic (exact) mass is 190 g/mol. The minimum Gasteiger partial charge on any atom is -0.346 e. The molecular formula is C7H8ClO2P. The second-order valence-corrected chi connectivity index (χ2v) is 3.71. The van der Waals surface area contributed by atoms with Crippen LogP contribution in [0.2, 0.25) is 5.02 Å². The molecule has 0 aliphatic rings. The number of benzene rings is 1. The lowest BCUT2D eigenvalue weighted by Gasteiger charge is -1.98. The molecule has 0 aliphatic carbocycles. The number of hydrogen-bond acceptors (Lipinski definition) is 1. The van der Waals surface area contributed by atoms with Crippen LogP contribution < -0.4 is 0 Å². The van der Waals surface area contributed by atoms with Crippen LogP contribution in [0.1, 0.15) is 5.56 Å². The lowest BCUT2D eigenvalue weighted by atomic mass is 10.2. The van der Waals surface area contributed by atoms with Gasteiger partial charge in [-0.3, -0.25) is 4.57 Å². The van der Waals surface area contributed by atoms with Gasteiger partial charge in [-0.15, -0.1) is 0 Å². The van der Waals surface area contributed by atoms with Gasteiger partial charge in [0.1, 0.15) is 0 Å². The molecule has 0 aliphatic heterocycles. The van der Waals surface area contributed by atoms with E-state index in [-0.39, 0.29) is 6.16 Å². The first-order valence-electron chi connectivity index (χ1n) is 3.15. The Bertz CT molecular complexity index is 275. The summed E-state index contributed by atoms with van der Waals surface area (Å²) in [6, 6.07) is 7.05. The zero-order valence-electron chi connectivity index (χ0n) is 5.75. The number of rotatable bonds is 2. The van der Waals surface area contributed by atoms with Gasteiger partial charge in [0.2, 0.25) is 0 Å². The Morgan fingerprint density at radius 3 is 2.64 bits per heavy atom. The number of halogens is 1. The van der Waals surface area contributed by atoms with E-state index >= 15 is 0 Å². The summed E-state index contributed by atoms with van der Waals surface area (Å²) >= 11 is 5.73. The van der Waals surface area contributed by atoms with Gasteiger partial charge in [-0.2, -0.15) is 0 Å². The van der Waals surface area contributed by atoms with E-state index in [1.807, 2.05) is 0 Å². The molecule has 1 rings (SSSR count). The van der Waals surface area contributed by atoms with Crippen LogP contribution in [-0.4, -0.2) is 4.89 Å². The third kappa shape index (κ3) is 2.66. The molecule has 0 amide bonds. The van der Waals surface area contributed by atoms with Crippen molar-refractivity contribution in [3.8, 4) is 0 Å². The smallest absolute Gasteiger partial charge is 0.193 e. The van der Waals surface area contributed by atoms with Crippen molar-refractivity contribution in [1.29, 1.82) is 0 Å². The van der Waals surface area contributed by atoms with E-state index in [0.29, 0.717) is 5.02 Å². The Kier molecular flexibility index (Phi) is 3.13. The van der Waals surface area contributed by atoms with Gasteiger partial charge < -0.3 is 4.89 Å². The summed E-state index contributed by atoms with van der Waals surface area (Å²) < 4.78 is 10.4. The van der Waals surface area contributed by atoms with Gasteiger partial charge in [-0.25, -0.2) is 0 Å². The summed E-state index contributed by atoms with van der Waals surface area (Å²) in [4.78, 5) is 8.62. The summed E-state index contributed by atoms with van der Waals surface area (Å²) in [5.41, 5.74) is 0.737. The van der Waals surface area contributed by atoms with Crippen molar-refractivity contribution in [3.63, 3.8) is 0 Å². The van der Waals surface area contributed by atoms with Gasteiger partial charge in [0.05, 0.1) is 0 Å². The third-order valence-corrected chi connectivity index (χ3v) is 2.35. The normalized spacial score (nSPS) is 12.9. The molecule has 1 aromatic rings. The molecule has 1 unspecified atom stereocenters. The van der Waals surface area contributed by atoms with E-state index in [9.17, 15) is 4.57 Å². The van der Waals surface area contributed by atoms with Crippen molar-refractivity contribution < 1.29 is 9.46 Å². The van der Waals surface area contributed by atoms with Crippen LogP contribution in [-0.2, 0) is 10.7 Å². The van der Waals surface area contributed by atoms with Crippen molar-refractivity contribution in [2.45, 2.75) is 6.16 Å². The van der Waals surface area contributed by atoms with E-state index in [0.717, 1.165) is 5.56 Å². The van der Waals surface area contributed by atoms with Crippen molar-refractivity contribution in [2.75, 3.05) is 0 Å². The predicted molar refractivity (Wildman–Crippen MR) is 46.4 cm³/mol. The van der Waals surface area contributed by atoms with Gasteiger partial charge >= 0.3 is 0 Å². The van der Waals surface area contributed by atoms with Crippen LogP contribution in [0.4, 0.5) is 0 Å². The quantitative estimate of drug-likeness (QED) is 0.727. The molecule has 1 N–H and O–H groups in total. The van der Waals surface area contributed by atoms with Crippen molar-refractivity contribution in [3.05, 3.63) is 34.9 Å². The van der Waals surface area contributed by atoms with Gasteiger partial charge in [0, 0.05) is 11.2 Å². The van der Waals surface area contributed by atoms with Gasteiger partial charge in [-0.1, -0.05) is 29.8 Å². The fourth-order valence-corrected chi connectivity index (χ4v) is 1.75. The second kappa shape index (κ2) is 3.91. The topological polar surface area (TPSA) is 37.3 Å². The molecule has 11 heavy (non-hydrogen) atoms. The molecule has 1 aromatic carbocycles. The SMILES string of the molecule is O=[PH](O)Cc1ccccc1Cl. The fourth-order valence-electron chi connectivity index (χ4n) is 0.805. The van der Waals surface area contributed by atoms with E-state index in [1.54, 1.807) is 24.3 Å². The van der Waals surface area contributed by atoms with Crippen LogP contribution in [0.3, 0.4) is 0 Å². The molecule has 2 nitrogen and oxygen atoms in total. The fraction of sp³-hybridized carbons (Fsp3) is 0.143. The molecule has 0 bridgehead atoms. The lowest BCUT2D eigenvalue weighted by molar-refractivity contribution is 0.502. The van der Waals surface area contributed by atoms with Crippen LogP contribution in [0.25, 0.3) is 0 Å². The van der Waals surface area contributed by atoms with Crippen molar-refractivity contribution >= 4 is 19.6 Å². The molecule has 60 valence electrons. The molecule has 4 heteroatoms. The highest BCUT2D eigenvalue weighted by molar-refractivity contribution is 7.37. The maximum atomic E-state index is 10.4. The van der Waals surface area contributed by atoms with Gasteiger partial charge in [0.15, 0.2) is 8.03 Å². The van der Waals surface area contributed by atoms with Crippen LogP contribution >= 0.6 is 19.6 Å². The second-order valence-electron chi connectivity index (χ2n) is 2.16. The van der Waals surface area contributed by atoms with E-state index < -0.39 is 8.03 Å². The highest BCUT2D eigenvalue weighted by atomic mass is 35.5. The highest BCUT2D eigenvalue weighted by Gasteiger charge is 2.00. The zero-order valence-corrected chi connectivity index (χ0v) is 7.51. The Labute approximate surface area is 70.7 Å². The number of hydrogen-bond donors (Lipinski definition) is 1. The first-order chi connectivity index (χ1) is 5.20.